The van der Waals surface area contributed by atoms with Crippen LogP contribution in [-0.4, -0.2) is 44.5 Å². The van der Waals surface area contributed by atoms with Gasteiger partial charge in [0, 0.05) is 48.8 Å². The Morgan fingerprint density at radius 3 is 2.97 bits per heavy atom. The zero-order chi connectivity index (χ0) is 19.6. The number of aryl methyl sites for hydroxylation is 1. The van der Waals surface area contributed by atoms with Crippen molar-refractivity contribution in [2.24, 2.45) is 18.4 Å². The summed E-state index contributed by atoms with van der Waals surface area (Å²) in [5.74, 6) is 1.60. The first kappa shape index (κ1) is 17.0. The molecule has 1 spiro atoms. The summed E-state index contributed by atoms with van der Waals surface area (Å²) in [6.45, 7) is 1.80. The fraction of sp³-hybridized carbons (Fsp3) is 0.476. The second-order valence-electron chi connectivity index (χ2n) is 8.67. The van der Waals surface area contributed by atoms with Crippen LogP contribution in [0.15, 0.2) is 30.6 Å². The number of ether oxygens (including phenoxy) is 1. The van der Waals surface area contributed by atoms with Gasteiger partial charge in [0.15, 0.2) is 11.6 Å². The highest BCUT2D eigenvalue weighted by Gasteiger charge is 2.55. The first-order valence-electron chi connectivity index (χ1n) is 10.3. The molecule has 29 heavy (non-hydrogen) atoms. The molecule has 3 fully saturated rings. The van der Waals surface area contributed by atoms with Gasteiger partial charge in [-0.05, 0) is 37.8 Å². The minimum absolute atomic E-state index is 0.0639. The molecule has 1 saturated heterocycles. The van der Waals surface area contributed by atoms with E-state index >= 15 is 0 Å². The predicted molar refractivity (Wildman–Crippen MR) is 108 cm³/mol. The third kappa shape index (κ3) is 2.90. The smallest absolute Gasteiger partial charge is 0.228 e. The zero-order valence-corrected chi connectivity index (χ0v) is 16.4. The molecule has 1 unspecified atom stereocenters. The number of rotatable bonds is 6. The molecule has 1 amide bonds. The van der Waals surface area contributed by atoms with E-state index in [2.05, 4.69) is 20.8 Å². The molecule has 0 radical (unpaired) electrons. The van der Waals surface area contributed by atoms with E-state index in [0.29, 0.717) is 23.9 Å². The number of nitrogens with zero attached hydrogens (tertiary/aromatic N) is 4. The van der Waals surface area contributed by atoms with Crippen molar-refractivity contribution in [3.05, 3.63) is 30.6 Å². The average molecular weight is 392 g/mol. The Bertz CT molecular complexity index is 1110. The summed E-state index contributed by atoms with van der Waals surface area (Å²) in [5, 5.41) is 15.3. The quantitative estimate of drug-likeness (QED) is 0.672. The Kier molecular flexibility index (Phi) is 3.56. The molecule has 2 aliphatic carbocycles. The van der Waals surface area contributed by atoms with E-state index in [1.54, 1.807) is 10.7 Å². The molecule has 8 nitrogen and oxygen atoms in total. The van der Waals surface area contributed by atoms with Gasteiger partial charge in [0.2, 0.25) is 5.91 Å². The topological polar surface area (TPSA) is 85.5 Å². The molecule has 0 aromatic carbocycles. The fourth-order valence-electron chi connectivity index (χ4n) is 4.26. The molecule has 0 bridgehead atoms. The van der Waals surface area contributed by atoms with Gasteiger partial charge in [-0.2, -0.15) is 10.2 Å². The van der Waals surface area contributed by atoms with E-state index in [-0.39, 0.29) is 11.8 Å². The molecule has 8 heteroatoms. The lowest BCUT2D eigenvalue weighted by atomic mass is 9.89. The predicted octanol–water partition coefficient (Wildman–Crippen LogP) is 2.21. The van der Waals surface area contributed by atoms with Crippen LogP contribution in [0.3, 0.4) is 0 Å². The Hall–Kier alpha value is -2.87. The van der Waals surface area contributed by atoms with Gasteiger partial charge in [-0.3, -0.25) is 9.48 Å². The number of hydrogen-bond acceptors (Lipinski definition) is 5. The maximum atomic E-state index is 12.0. The van der Waals surface area contributed by atoms with E-state index < -0.39 is 0 Å². The van der Waals surface area contributed by atoms with E-state index in [0.717, 1.165) is 41.9 Å². The zero-order valence-electron chi connectivity index (χ0n) is 16.4. The van der Waals surface area contributed by atoms with Crippen LogP contribution in [0.1, 0.15) is 25.7 Å². The Labute approximate surface area is 168 Å². The molecule has 150 valence electrons. The van der Waals surface area contributed by atoms with Gasteiger partial charge in [-0.15, -0.1) is 0 Å². The average Bonchev–Trinajstić information content (AvgIpc) is 3.60. The summed E-state index contributed by atoms with van der Waals surface area (Å²) in [5.41, 5.74) is 3.37. The highest BCUT2D eigenvalue weighted by molar-refractivity contribution is 5.93. The van der Waals surface area contributed by atoms with Gasteiger partial charge in [0.1, 0.15) is 12.3 Å². The van der Waals surface area contributed by atoms with Crippen LogP contribution in [-0.2, 0) is 11.8 Å². The molecular formula is C21H24N6O2. The van der Waals surface area contributed by atoms with E-state index in [1.807, 2.05) is 36.1 Å². The Balaban J connectivity index is 1.24. The normalized spacial score (nSPS) is 21.9. The lowest BCUT2D eigenvalue weighted by Crippen LogP contribution is -2.57. The number of aromatic nitrogens is 4. The summed E-state index contributed by atoms with van der Waals surface area (Å²) in [4.78, 5) is 12.0. The SMILES string of the molecule is Cn1ncc(OCC2NCC23CC3)c1-c1ccn2nc(NC(=O)C3CC3)cc2c1. The van der Waals surface area contributed by atoms with Gasteiger partial charge in [-0.25, -0.2) is 4.52 Å². The minimum Gasteiger partial charge on any atom is -0.488 e. The molecule has 3 aromatic rings. The van der Waals surface area contributed by atoms with Crippen molar-refractivity contribution >= 4 is 17.2 Å². The van der Waals surface area contributed by atoms with E-state index in [1.165, 1.54) is 12.8 Å². The number of anilines is 1. The van der Waals surface area contributed by atoms with Crippen molar-refractivity contribution in [1.82, 2.24) is 24.7 Å². The van der Waals surface area contributed by atoms with Crippen molar-refractivity contribution in [3.8, 4) is 17.0 Å². The summed E-state index contributed by atoms with van der Waals surface area (Å²) in [6.07, 6.45) is 8.27. The maximum absolute atomic E-state index is 12.0. The van der Waals surface area contributed by atoms with Crippen molar-refractivity contribution in [3.63, 3.8) is 0 Å². The van der Waals surface area contributed by atoms with Crippen LogP contribution in [0.25, 0.3) is 16.8 Å². The number of carbonyl (C=O) groups is 1. The van der Waals surface area contributed by atoms with Gasteiger partial charge in [-0.1, -0.05) is 0 Å². The molecule has 2 saturated carbocycles. The molecule has 3 aromatic heterocycles. The number of hydrogen-bond donors (Lipinski definition) is 2. The van der Waals surface area contributed by atoms with Crippen LogP contribution in [0, 0.1) is 11.3 Å². The lowest BCUT2D eigenvalue weighted by molar-refractivity contribution is -0.117. The van der Waals surface area contributed by atoms with E-state index in [9.17, 15) is 4.79 Å². The van der Waals surface area contributed by atoms with Crippen LogP contribution in [0.4, 0.5) is 5.82 Å². The summed E-state index contributed by atoms with van der Waals surface area (Å²) < 4.78 is 9.79. The molecule has 1 atom stereocenters. The highest BCUT2D eigenvalue weighted by atomic mass is 16.5. The van der Waals surface area contributed by atoms with Crippen LogP contribution < -0.4 is 15.4 Å². The number of nitrogens with one attached hydrogen (secondary N) is 2. The summed E-state index contributed by atoms with van der Waals surface area (Å²) in [6, 6.07) is 6.40. The monoisotopic (exact) mass is 392 g/mol. The second kappa shape index (κ2) is 6.06. The lowest BCUT2D eigenvalue weighted by Gasteiger charge is -2.38. The number of carbonyl (C=O) groups excluding carboxylic acids is 1. The summed E-state index contributed by atoms with van der Waals surface area (Å²) in [7, 11) is 1.92. The maximum Gasteiger partial charge on any atom is 0.228 e. The van der Waals surface area contributed by atoms with Crippen molar-refractivity contribution in [1.29, 1.82) is 0 Å². The highest BCUT2D eigenvalue weighted by Crippen LogP contribution is 2.53. The van der Waals surface area contributed by atoms with Crippen molar-refractivity contribution in [2.45, 2.75) is 31.7 Å². The van der Waals surface area contributed by atoms with Crippen molar-refractivity contribution in [2.75, 3.05) is 18.5 Å². The third-order valence-electron chi connectivity index (χ3n) is 6.58. The minimum atomic E-state index is 0.0639. The van der Waals surface area contributed by atoms with Gasteiger partial charge >= 0.3 is 0 Å². The van der Waals surface area contributed by atoms with Crippen LogP contribution in [0.5, 0.6) is 5.75 Å². The van der Waals surface area contributed by atoms with E-state index in [4.69, 9.17) is 4.74 Å². The van der Waals surface area contributed by atoms with Gasteiger partial charge in [0.25, 0.3) is 0 Å². The first-order valence-corrected chi connectivity index (χ1v) is 10.3. The summed E-state index contributed by atoms with van der Waals surface area (Å²) >= 11 is 0. The third-order valence-corrected chi connectivity index (χ3v) is 6.58. The van der Waals surface area contributed by atoms with Crippen LogP contribution in [0.2, 0.25) is 0 Å². The largest absolute Gasteiger partial charge is 0.488 e. The van der Waals surface area contributed by atoms with Crippen LogP contribution >= 0.6 is 0 Å². The molecule has 6 rings (SSSR count). The molecule has 3 aliphatic rings. The number of amides is 1. The number of fused-ring (bicyclic) bond motifs is 1. The molecule has 2 N–H and O–H groups in total. The molecule has 1 aliphatic heterocycles. The Morgan fingerprint density at radius 2 is 2.24 bits per heavy atom. The fourth-order valence-corrected chi connectivity index (χ4v) is 4.26. The second-order valence-corrected chi connectivity index (χ2v) is 8.67. The molecule has 4 heterocycles. The van der Waals surface area contributed by atoms with Gasteiger partial charge < -0.3 is 15.4 Å². The number of pyridine rings is 1. The van der Waals surface area contributed by atoms with Gasteiger partial charge in [0.05, 0.1) is 11.7 Å². The Morgan fingerprint density at radius 1 is 1.38 bits per heavy atom. The molecular weight excluding hydrogens is 368 g/mol. The standard InChI is InChI=1S/C21H24N6O2/c1-26-19(16(10-23-26)29-11-17-21(5-6-21)12-22-17)14-4-7-27-15(8-14)9-18(25-27)24-20(28)13-2-3-13/h4,7-10,13,17,22H,2-3,5-6,11-12H2,1H3,(H,24,25,28). The van der Waals surface area contributed by atoms with Crippen molar-refractivity contribution < 1.29 is 9.53 Å². The first-order chi connectivity index (χ1) is 14.1.